The van der Waals surface area contributed by atoms with Crippen molar-refractivity contribution in [2.24, 2.45) is 0 Å². The molecule has 0 saturated heterocycles. The van der Waals surface area contributed by atoms with Crippen molar-refractivity contribution < 1.29 is 14.1 Å². The fraction of sp³-hybridized carbons (Fsp3) is 0.158. The number of hydrogen-bond acceptors (Lipinski definition) is 5. The molecule has 1 heterocycles. The van der Waals surface area contributed by atoms with Gasteiger partial charge in [-0.2, -0.15) is 0 Å². The van der Waals surface area contributed by atoms with E-state index in [-0.39, 0.29) is 11.4 Å². The largest absolute Gasteiger partial charge is 0.465 e. The first-order valence-corrected chi connectivity index (χ1v) is 8.05. The van der Waals surface area contributed by atoms with E-state index in [1.54, 1.807) is 24.3 Å². The van der Waals surface area contributed by atoms with Gasteiger partial charge in [-0.3, -0.25) is 0 Å². The molecule has 1 aromatic heterocycles. The van der Waals surface area contributed by atoms with Crippen LogP contribution in [0.3, 0.4) is 0 Å². The maximum atomic E-state index is 12.3. The van der Waals surface area contributed by atoms with E-state index in [0.29, 0.717) is 16.3 Å². The van der Waals surface area contributed by atoms with Gasteiger partial charge in [0.25, 0.3) is 0 Å². The standard InChI is InChI=1S/C19H17ClN2O3/c1-11-4-9-15(10-12(11)2)21-18-16(19(23)24-3)17(22-25-18)13-5-7-14(20)8-6-13/h4-10,21H,1-3H3. The Morgan fingerprint density at radius 2 is 1.84 bits per heavy atom. The van der Waals surface area contributed by atoms with Crippen molar-refractivity contribution in [3.05, 3.63) is 64.2 Å². The van der Waals surface area contributed by atoms with Crippen molar-refractivity contribution in [2.75, 3.05) is 12.4 Å². The molecule has 128 valence electrons. The van der Waals surface area contributed by atoms with Crippen LogP contribution in [0.4, 0.5) is 11.6 Å². The number of carbonyl (C=O) groups excluding carboxylic acids is 1. The van der Waals surface area contributed by atoms with Gasteiger partial charge in [0.15, 0.2) is 5.56 Å². The molecule has 5 nitrogen and oxygen atoms in total. The summed E-state index contributed by atoms with van der Waals surface area (Å²) in [5, 5.41) is 7.74. The van der Waals surface area contributed by atoms with Crippen molar-refractivity contribution in [3.8, 4) is 11.3 Å². The number of aryl methyl sites for hydroxylation is 2. The highest BCUT2D eigenvalue weighted by Crippen LogP contribution is 2.32. The number of nitrogens with zero attached hydrogens (tertiary/aromatic N) is 1. The zero-order chi connectivity index (χ0) is 18.0. The maximum absolute atomic E-state index is 12.3. The molecule has 0 bridgehead atoms. The second-order valence-electron chi connectivity index (χ2n) is 5.66. The van der Waals surface area contributed by atoms with Crippen molar-refractivity contribution in [3.63, 3.8) is 0 Å². The molecule has 0 spiro atoms. The molecule has 0 aliphatic carbocycles. The molecule has 0 atom stereocenters. The molecule has 6 heteroatoms. The average molecular weight is 357 g/mol. The van der Waals surface area contributed by atoms with Gasteiger partial charge in [0.2, 0.25) is 5.88 Å². The Morgan fingerprint density at radius 1 is 1.12 bits per heavy atom. The SMILES string of the molecule is COC(=O)c1c(-c2ccc(Cl)cc2)noc1Nc1ccc(C)c(C)c1. The van der Waals surface area contributed by atoms with Gasteiger partial charge in [-0.05, 0) is 49.2 Å². The van der Waals surface area contributed by atoms with Crippen molar-refractivity contribution in [1.29, 1.82) is 0 Å². The van der Waals surface area contributed by atoms with E-state index in [1.807, 2.05) is 32.0 Å². The summed E-state index contributed by atoms with van der Waals surface area (Å²) in [7, 11) is 1.32. The van der Waals surface area contributed by atoms with Crippen LogP contribution in [0.2, 0.25) is 5.02 Å². The molecular weight excluding hydrogens is 340 g/mol. The number of nitrogens with one attached hydrogen (secondary N) is 1. The van der Waals surface area contributed by atoms with Gasteiger partial charge >= 0.3 is 5.97 Å². The van der Waals surface area contributed by atoms with E-state index < -0.39 is 5.97 Å². The average Bonchev–Trinajstić information content (AvgIpc) is 3.01. The molecule has 2 aromatic carbocycles. The van der Waals surface area contributed by atoms with Gasteiger partial charge in [-0.25, -0.2) is 4.79 Å². The molecule has 0 amide bonds. The summed E-state index contributed by atoms with van der Waals surface area (Å²) >= 11 is 5.92. The number of anilines is 2. The Hall–Kier alpha value is -2.79. The molecule has 0 unspecified atom stereocenters. The third kappa shape index (κ3) is 3.51. The van der Waals surface area contributed by atoms with E-state index in [9.17, 15) is 4.79 Å². The third-order valence-electron chi connectivity index (χ3n) is 3.96. The molecule has 3 aromatic rings. The lowest BCUT2D eigenvalue weighted by molar-refractivity contribution is 0.0602. The highest BCUT2D eigenvalue weighted by molar-refractivity contribution is 6.30. The van der Waals surface area contributed by atoms with Crippen LogP contribution < -0.4 is 5.32 Å². The number of ether oxygens (including phenoxy) is 1. The number of carbonyl (C=O) groups is 1. The fourth-order valence-electron chi connectivity index (χ4n) is 2.42. The molecule has 0 aliphatic heterocycles. The van der Waals surface area contributed by atoms with Crippen LogP contribution >= 0.6 is 11.6 Å². The fourth-order valence-corrected chi connectivity index (χ4v) is 2.55. The minimum atomic E-state index is -0.530. The zero-order valence-corrected chi connectivity index (χ0v) is 14.8. The van der Waals surface area contributed by atoms with Gasteiger partial charge in [-0.15, -0.1) is 0 Å². The first-order chi connectivity index (χ1) is 12.0. The van der Waals surface area contributed by atoms with Gasteiger partial charge in [0, 0.05) is 16.3 Å². The number of aromatic nitrogens is 1. The molecular formula is C19H17ClN2O3. The van der Waals surface area contributed by atoms with Crippen LogP contribution in [-0.2, 0) is 4.74 Å². The summed E-state index contributed by atoms with van der Waals surface area (Å²) in [6, 6.07) is 12.9. The quantitative estimate of drug-likeness (QED) is 0.655. The highest BCUT2D eigenvalue weighted by Gasteiger charge is 2.25. The molecule has 0 fully saturated rings. The van der Waals surface area contributed by atoms with E-state index >= 15 is 0 Å². The minimum absolute atomic E-state index is 0.236. The monoisotopic (exact) mass is 356 g/mol. The smallest absolute Gasteiger partial charge is 0.345 e. The summed E-state index contributed by atoms with van der Waals surface area (Å²) in [5.41, 5.74) is 4.45. The lowest BCUT2D eigenvalue weighted by atomic mass is 10.1. The van der Waals surface area contributed by atoms with Gasteiger partial charge in [-0.1, -0.05) is 35.0 Å². The van der Waals surface area contributed by atoms with Crippen LogP contribution in [0, 0.1) is 13.8 Å². The number of rotatable bonds is 4. The number of esters is 1. The Kier molecular flexibility index (Phi) is 4.76. The summed E-state index contributed by atoms with van der Waals surface area (Å²) in [4.78, 5) is 12.3. The Morgan fingerprint density at radius 3 is 2.48 bits per heavy atom. The zero-order valence-electron chi connectivity index (χ0n) is 14.1. The molecule has 0 saturated carbocycles. The van der Waals surface area contributed by atoms with Crippen LogP contribution in [-0.4, -0.2) is 18.2 Å². The number of benzene rings is 2. The number of methoxy groups -OCH3 is 1. The first-order valence-electron chi connectivity index (χ1n) is 7.68. The van der Waals surface area contributed by atoms with Gasteiger partial charge in [0.05, 0.1) is 7.11 Å². The predicted molar refractivity (Wildman–Crippen MR) is 97.5 cm³/mol. The third-order valence-corrected chi connectivity index (χ3v) is 4.22. The lowest BCUT2D eigenvalue weighted by Gasteiger charge is -2.07. The Bertz CT molecular complexity index is 917. The van der Waals surface area contributed by atoms with Crippen LogP contribution in [0.5, 0.6) is 0 Å². The minimum Gasteiger partial charge on any atom is -0.465 e. The van der Waals surface area contributed by atoms with E-state index in [1.165, 1.54) is 12.7 Å². The normalized spacial score (nSPS) is 10.6. The number of hydrogen-bond donors (Lipinski definition) is 1. The molecule has 0 aliphatic rings. The summed E-state index contributed by atoms with van der Waals surface area (Å²) in [6.45, 7) is 4.05. The van der Waals surface area contributed by atoms with E-state index in [0.717, 1.165) is 11.3 Å². The van der Waals surface area contributed by atoms with Crippen molar-refractivity contribution in [2.45, 2.75) is 13.8 Å². The highest BCUT2D eigenvalue weighted by atomic mass is 35.5. The Labute approximate surface area is 150 Å². The predicted octanol–water partition coefficient (Wildman–Crippen LogP) is 5.14. The van der Waals surface area contributed by atoms with Gasteiger partial charge < -0.3 is 14.6 Å². The summed E-state index contributed by atoms with van der Waals surface area (Å²) in [6.07, 6.45) is 0. The second kappa shape index (κ2) is 6.99. The molecule has 3 rings (SSSR count). The van der Waals surface area contributed by atoms with Crippen molar-refractivity contribution >= 4 is 29.1 Å². The first kappa shape index (κ1) is 17.0. The maximum Gasteiger partial charge on any atom is 0.345 e. The van der Waals surface area contributed by atoms with Crippen LogP contribution in [0.15, 0.2) is 47.0 Å². The second-order valence-corrected chi connectivity index (χ2v) is 6.09. The molecule has 1 N–H and O–H groups in total. The molecule has 25 heavy (non-hydrogen) atoms. The lowest BCUT2D eigenvalue weighted by Crippen LogP contribution is -2.05. The topological polar surface area (TPSA) is 64.4 Å². The van der Waals surface area contributed by atoms with E-state index in [4.69, 9.17) is 20.9 Å². The Balaban J connectivity index is 2.03. The van der Waals surface area contributed by atoms with E-state index in [2.05, 4.69) is 10.5 Å². The van der Waals surface area contributed by atoms with Crippen LogP contribution in [0.25, 0.3) is 11.3 Å². The summed E-state index contributed by atoms with van der Waals surface area (Å²) < 4.78 is 10.3. The van der Waals surface area contributed by atoms with Crippen molar-refractivity contribution in [1.82, 2.24) is 5.16 Å². The summed E-state index contributed by atoms with van der Waals surface area (Å²) in [5.74, 6) is -0.294. The van der Waals surface area contributed by atoms with Gasteiger partial charge in [0.1, 0.15) is 5.69 Å². The van der Waals surface area contributed by atoms with Crippen LogP contribution in [0.1, 0.15) is 21.5 Å². The molecule has 0 radical (unpaired) electrons. The number of halogens is 1.